The molecule has 1 heterocycles. The van der Waals surface area contributed by atoms with Crippen molar-refractivity contribution in [1.82, 2.24) is 4.90 Å². The van der Waals surface area contributed by atoms with Crippen molar-refractivity contribution in [3.63, 3.8) is 0 Å². The second-order valence-electron chi connectivity index (χ2n) is 5.32. The second-order valence-corrected chi connectivity index (χ2v) is 5.32. The Balaban J connectivity index is 2.29. The molecule has 0 spiro atoms. The van der Waals surface area contributed by atoms with Gasteiger partial charge in [0.2, 0.25) is 0 Å². The molecule has 2 N–H and O–H groups in total. The van der Waals surface area contributed by atoms with Gasteiger partial charge in [-0.15, -0.1) is 0 Å². The van der Waals surface area contributed by atoms with E-state index in [4.69, 9.17) is 5.73 Å². The SMILES string of the molecule is Cc1cccc(C(=O)N2CCC(C)C2CN)c1C. The molecular formula is C15H22N2O. The van der Waals surface area contributed by atoms with Gasteiger partial charge in [-0.1, -0.05) is 19.1 Å². The van der Waals surface area contributed by atoms with Gasteiger partial charge in [0.25, 0.3) is 5.91 Å². The fourth-order valence-electron chi connectivity index (χ4n) is 2.76. The highest BCUT2D eigenvalue weighted by atomic mass is 16.2. The molecule has 1 aromatic rings. The Bertz CT molecular complexity index is 456. The molecule has 3 nitrogen and oxygen atoms in total. The van der Waals surface area contributed by atoms with E-state index in [1.165, 1.54) is 0 Å². The summed E-state index contributed by atoms with van der Waals surface area (Å²) in [6.07, 6.45) is 1.05. The van der Waals surface area contributed by atoms with Gasteiger partial charge in [-0.2, -0.15) is 0 Å². The highest BCUT2D eigenvalue weighted by Gasteiger charge is 2.34. The van der Waals surface area contributed by atoms with Crippen LogP contribution >= 0.6 is 0 Å². The first-order chi connectivity index (χ1) is 8.56. The molecule has 18 heavy (non-hydrogen) atoms. The van der Waals surface area contributed by atoms with Crippen LogP contribution in [0.15, 0.2) is 18.2 Å². The zero-order valence-corrected chi connectivity index (χ0v) is 11.4. The van der Waals surface area contributed by atoms with E-state index in [0.717, 1.165) is 29.7 Å². The molecule has 1 amide bonds. The zero-order chi connectivity index (χ0) is 13.3. The van der Waals surface area contributed by atoms with E-state index in [1.807, 2.05) is 36.9 Å². The number of rotatable bonds is 2. The van der Waals surface area contributed by atoms with Gasteiger partial charge in [-0.3, -0.25) is 4.79 Å². The van der Waals surface area contributed by atoms with E-state index in [-0.39, 0.29) is 11.9 Å². The first kappa shape index (κ1) is 13.1. The average Bonchev–Trinajstić information content (AvgIpc) is 2.73. The van der Waals surface area contributed by atoms with E-state index in [1.54, 1.807) is 0 Å². The predicted octanol–water partition coefficient (Wildman–Crippen LogP) is 2.11. The molecule has 2 atom stereocenters. The van der Waals surface area contributed by atoms with Crippen LogP contribution in [-0.2, 0) is 0 Å². The number of carbonyl (C=O) groups is 1. The number of likely N-dealkylation sites (tertiary alicyclic amines) is 1. The van der Waals surface area contributed by atoms with Crippen LogP contribution in [0.4, 0.5) is 0 Å². The summed E-state index contributed by atoms with van der Waals surface area (Å²) >= 11 is 0. The number of aryl methyl sites for hydroxylation is 1. The number of nitrogens with two attached hydrogens (primary N) is 1. The third-order valence-corrected chi connectivity index (χ3v) is 4.22. The lowest BCUT2D eigenvalue weighted by atomic mass is 10.0. The Kier molecular flexibility index (Phi) is 3.71. The van der Waals surface area contributed by atoms with Crippen molar-refractivity contribution in [1.29, 1.82) is 0 Å². The summed E-state index contributed by atoms with van der Waals surface area (Å²) in [6, 6.07) is 6.10. The van der Waals surface area contributed by atoms with Crippen LogP contribution in [0.25, 0.3) is 0 Å². The van der Waals surface area contributed by atoms with Crippen LogP contribution in [0.3, 0.4) is 0 Å². The second kappa shape index (κ2) is 5.11. The molecule has 0 aromatic heterocycles. The largest absolute Gasteiger partial charge is 0.334 e. The third kappa shape index (κ3) is 2.15. The van der Waals surface area contributed by atoms with Gasteiger partial charge in [0.1, 0.15) is 0 Å². The summed E-state index contributed by atoms with van der Waals surface area (Å²) in [5.74, 6) is 0.639. The minimum Gasteiger partial charge on any atom is -0.334 e. The van der Waals surface area contributed by atoms with Crippen molar-refractivity contribution in [2.75, 3.05) is 13.1 Å². The van der Waals surface area contributed by atoms with Gasteiger partial charge in [0, 0.05) is 24.7 Å². The lowest BCUT2D eigenvalue weighted by Crippen LogP contribution is -2.42. The summed E-state index contributed by atoms with van der Waals surface area (Å²) in [4.78, 5) is 14.6. The van der Waals surface area contributed by atoms with Crippen molar-refractivity contribution < 1.29 is 4.79 Å². The normalized spacial score (nSPS) is 23.4. The topological polar surface area (TPSA) is 46.3 Å². The Morgan fingerprint density at radius 2 is 2.17 bits per heavy atom. The quantitative estimate of drug-likeness (QED) is 0.868. The molecule has 98 valence electrons. The first-order valence-electron chi connectivity index (χ1n) is 6.63. The molecule has 1 aliphatic rings. The van der Waals surface area contributed by atoms with Crippen molar-refractivity contribution >= 4 is 5.91 Å². The average molecular weight is 246 g/mol. The van der Waals surface area contributed by atoms with Gasteiger partial charge >= 0.3 is 0 Å². The minimum atomic E-state index is 0.135. The van der Waals surface area contributed by atoms with Gasteiger partial charge in [-0.25, -0.2) is 0 Å². The van der Waals surface area contributed by atoms with Crippen LogP contribution < -0.4 is 5.73 Å². The van der Waals surface area contributed by atoms with Gasteiger partial charge in [-0.05, 0) is 43.4 Å². The van der Waals surface area contributed by atoms with Crippen LogP contribution in [0, 0.1) is 19.8 Å². The van der Waals surface area contributed by atoms with Gasteiger partial charge in [0.15, 0.2) is 0 Å². The van der Waals surface area contributed by atoms with Crippen molar-refractivity contribution in [2.45, 2.75) is 33.2 Å². The predicted molar refractivity (Wildman–Crippen MR) is 73.6 cm³/mol. The maximum Gasteiger partial charge on any atom is 0.254 e. The number of nitrogens with zero attached hydrogens (tertiary/aromatic N) is 1. The van der Waals surface area contributed by atoms with Crippen LogP contribution in [0.2, 0.25) is 0 Å². The standard InChI is InChI=1S/C15H22N2O/c1-10-5-4-6-13(12(10)3)15(18)17-8-7-11(2)14(17)9-16/h4-6,11,14H,7-9,16H2,1-3H3. The fourth-order valence-corrected chi connectivity index (χ4v) is 2.76. The molecule has 2 rings (SSSR count). The molecule has 2 unspecified atom stereocenters. The molecular weight excluding hydrogens is 224 g/mol. The van der Waals surface area contributed by atoms with Gasteiger partial charge in [0.05, 0.1) is 0 Å². The highest BCUT2D eigenvalue weighted by Crippen LogP contribution is 2.26. The number of hydrogen-bond donors (Lipinski definition) is 1. The lowest BCUT2D eigenvalue weighted by Gasteiger charge is -2.26. The molecule has 3 heteroatoms. The minimum absolute atomic E-state index is 0.135. The van der Waals surface area contributed by atoms with Crippen molar-refractivity contribution in [3.05, 3.63) is 34.9 Å². The maximum absolute atomic E-state index is 12.6. The van der Waals surface area contributed by atoms with E-state index in [2.05, 4.69) is 6.92 Å². The number of hydrogen-bond acceptors (Lipinski definition) is 2. The Morgan fingerprint density at radius 3 is 2.83 bits per heavy atom. The van der Waals surface area contributed by atoms with E-state index in [0.29, 0.717) is 12.5 Å². The molecule has 0 radical (unpaired) electrons. The molecule has 0 bridgehead atoms. The summed E-state index contributed by atoms with van der Waals surface area (Å²) in [5.41, 5.74) is 8.87. The van der Waals surface area contributed by atoms with Gasteiger partial charge < -0.3 is 10.6 Å². The third-order valence-electron chi connectivity index (χ3n) is 4.22. The van der Waals surface area contributed by atoms with Crippen molar-refractivity contribution in [2.24, 2.45) is 11.7 Å². The van der Waals surface area contributed by atoms with Crippen molar-refractivity contribution in [3.8, 4) is 0 Å². The summed E-state index contributed by atoms with van der Waals surface area (Å²) in [6.45, 7) is 7.61. The maximum atomic E-state index is 12.6. The molecule has 0 aliphatic carbocycles. The lowest BCUT2D eigenvalue weighted by molar-refractivity contribution is 0.0726. The highest BCUT2D eigenvalue weighted by molar-refractivity contribution is 5.96. The number of carbonyl (C=O) groups excluding carboxylic acids is 1. The van der Waals surface area contributed by atoms with Crippen LogP contribution in [0.1, 0.15) is 34.8 Å². The molecule has 1 aliphatic heterocycles. The summed E-state index contributed by atoms with van der Waals surface area (Å²) in [7, 11) is 0. The zero-order valence-electron chi connectivity index (χ0n) is 11.4. The molecule has 0 saturated carbocycles. The Labute approximate surface area is 109 Å². The molecule has 1 fully saturated rings. The smallest absolute Gasteiger partial charge is 0.254 e. The van der Waals surface area contributed by atoms with Crippen LogP contribution in [-0.4, -0.2) is 29.9 Å². The summed E-state index contributed by atoms with van der Waals surface area (Å²) < 4.78 is 0. The fraction of sp³-hybridized carbons (Fsp3) is 0.533. The molecule has 1 saturated heterocycles. The monoisotopic (exact) mass is 246 g/mol. The first-order valence-corrected chi connectivity index (χ1v) is 6.63. The van der Waals surface area contributed by atoms with E-state index < -0.39 is 0 Å². The summed E-state index contributed by atoms with van der Waals surface area (Å²) in [5, 5.41) is 0. The molecule has 1 aromatic carbocycles. The van der Waals surface area contributed by atoms with Crippen LogP contribution in [0.5, 0.6) is 0 Å². The Morgan fingerprint density at radius 1 is 1.44 bits per heavy atom. The number of amides is 1. The number of benzene rings is 1. The van der Waals surface area contributed by atoms with E-state index >= 15 is 0 Å². The Hall–Kier alpha value is -1.35. The van der Waals surface area contributed by atoms with E-state index in [9.17, 15) is 4.79 Å².